The first-order chi connectivity index (χ1) is 6.68. The largest absolute Gasteiger partial charge is 0.369 e. The van der Waals surface area contributed by atoms with E-state index in [1.54, 1.807) is 6.07 Å². The van der Waals surface area contributed by atoms with Gasteiger partial charge in [-0.25, -0.2) is 0 Å². The summed E-state index contributed by atoms with van der Waals surface area (Å²) in [4.78, 5) is 22.3. The van der Waals surface area contributed by atoms with Gasteiger partial charge >= 0.3 is 0 Å². The van der Waals surface area contributed by atoms with E-state index < -0.39 is 11.8 Å². The Balaban J connectivity index is 0.00000112. The van der Waals surface area contributed by atoms with E-state index in [2.05, 4.69) is 5.32 Å². The molecule has 0 fully saturated rings. The number of para-hydroxylation sites is 1. The number of hydrogen-bond acceptors (Lipinski definition) is 2. The second-order valence-corrected chi connectivity index (χ2v) is 3.29. The maximum Gasteiger partial charge on any atom is 0.225 e. The lowest BCUT2D eigenvalue weighted by Gasteiger charge is -2.22. The predicted octanol–water partition coefficient (Wildman–Crippen LogP) is 1.02. The van der Waals surface area contributed by atoms with Crippen molar-refractivity contribution < 1.29 is 9.59 Å². The van der Waals surface area contributed by atoms with Crippen molar-refractivity contribution >= 4 is 29.9 Å². The summed E-state index contributed by atoms with van der Waals surface area (Å²) in [6, 6.07) is 7.21. The maximum atomic E-state index is 11.2. The smallest absolute Gasteiger partial charge is 0.225 e. The van der Waals surface area contributed by atoms with Crippen LogP contribution in [-0.4, -0.2) is 11.8 Å². The van der Waals surface area contributed by atoms with Gasteiger partial charge in [-0.3, -0.25) is 9.59 Å². The lowest BCUT2D eigenvalue weighted by atomic mass is 9.90. The van der Waals surface area contributed by atoms with Crippen molar-refractivity contribution in [2.24, 2.45) is 5.73 Å². The van der Waals surface area contributed by atoms with Gasteiger partial charge in [0.25, 0.3) is 0 Å². The molecule has 1 heterocycles. The molecular weight excluding hydrogens is 216 g/mol. The summed E-state index contributed by atoms with van der Waals surface area (Å²) in [5.41, 5.74) is 6.72. The van der Waals surface area contributed by atoms with Crippen LogP contribution < -0.4 is 11.1 Å². The number of rotatable bonds is 1. The zero-order valence-corrected chi connectivity index (χ0v) is 8.71. The van der Waals surface area contributed by atoms with Crippen LogP contribution in [0.15, 0.2) is 24.3 Å². The summed E-state index contributed by atoms with van der Waals surface area (Å²) in [5, 5.41) is 2.70. The second kappa shape index (κ2) is 4.31. The first kappa shape index (κ1) is 11.5. The molecule has 0 saturated heterocycles. The number of halogens is 1. The molecule has 0 bridgehead atoms. The van der Waals surface area contributed by atoms with Crippen molar-refractivity contribution in [3.05, 3.63) is 29.8 Å². The number of carbonyl (C=O) groups is 2. The van der Waals surface area contributed by atoms with Crippen LogP contribution in [0.5, 0.6) is 0 Å². The van der Waals surface area contributed by atoms with Crippen molar-refractivity contribution in [3.63, 3.8) is 0 Å². The quantitative estimate of drug-likeness (QED) is 0.751. The minimum atomic E-state index is -0.486. The average Bonchev–Trinajstić information content (AvgIpc) is 2.16. The Morgan fingerprint density at radius 2 is 2.07 bits per heavy atom. The molecule has 1 aliphatic rings. The highest BCUT2D eigenvalue weighted by atomic mass is 35.5. The molecule has 0 saturated carbocycles. The number of fused-ring (bicyclic) bond motifs is 1. The van der Waals surface area contributed by atoms with Gasteiger partial charge in [0, 0.05) is 12.1 Å². The van der Waals surface area contributed by atoms with Gasteiger partial charge in [-0.1, -0.05) is 18.2 Å². The van der Waals surface area contributed by atoms with E-state index in [9.17, 15) is 9.59 Å². The Hall–Kier alpha value is -1.55. The van der Waals surface area contributed by atoms with E-state index >= 15 is 0 Å². The molecule has 0 aliphatic carbocycles. The van der Waals surface area contributed by atoms with Crippen molar-refractivity contribution in [2.45, 2.75) is 12.3 Å². The highest BCUT2D eigenvalue weighted by Crippen LogP contribution is 2.31. The number of benzene rings is 1. The first-order valence-corrected chi connectivity index (χ1v) is 4.36. The number of hydrogen-bond donors (Lipinski definition) is 2. The molecule has 1 aromatic carbocycles. The molecule has 3 N–H and O–H groups in total. The SMILES string of the molecule is Cl.NC(=O)C1CC(=O)Nc2ccccc21. The van der Waals surface area contributed by atoms with Crippen molar-refractivity contribution in [1.82, 2.24) is 0 Å². The minimum absolute atomic E-state index is 0. The molecule has 80 valence electrons. The molecule has 4 nitrogen and oxygen atoms in total. The van der Waals surface area contributed by atoms with Crippen LogP contribution in [0.1, 0.15) is 17.9 Å². The summed E-state index contributed by atoms with van der Waals surface area (Å²) in [6.45, 7) is 0. The van der Waals surface area contributed by atoms with Gasteiger partial charge < -0.3 is 11.1 Å². The Morgan fingerprint density at radius 3 is 2.73 bits per heavy atom. The molecule has 0 spiro atoms. The van der Waals surface area contributed by atoms with Gasteiger partial charge in [0.2, 0.25) is 11.8 Å². The van der Waals surface area contributed by atoms with Gasteiger partial charge in [-0.15, -0.1) is 12.4 Å². The third-order valence-corrected chi connectivity index (χ3v) is 2.34. The molecule has 0 radical (unpaired) electrons. The van der Waals surface area contributed by atoms with Crippen molar-refractivity contribution in [3.8, 4) is 0 Å². The van der Waals surface area contributed by atoms with Gasteiger partial charge in [-0.05, 0) is 11.6 Å². The molecule has 5 heteroatoms. The van der Waals surface area contributed by atoms with E-state index in [-0.39, 0.29) is 24.7 Å². The number of nitrogens with two attached hydrogens (primary N) is 1. The number of nitrogens with one attached hydrogen (secondary N) is 1. The molecule has 2 rings (SSSR count). The summed E-state index contributed by atoms with van der Waals surface area (Å²) in [6.07, 6.45) is 0.145. The summed E-state index contributed by atoms with van der Waals surface area (Å²) < 4.78 is 0. The van der Waals surface area contributed by atoms with E-state index in [0.717, 1.165) is 5.56 Å². The van der Waals surface area contributed by atoms with Crippen LogP contribution in [0, 0.1) is 0 Å². The number of anilines is 1. The van der Waals surface area contributed by atoms with Gasteiger partial charge in [0.05, 0.1) is 5.92 Å². The fourth-order valence-corrected chi connectivity index (χ4v) is 1.67. The minimum Gasteiger partial charge on any atom is -0.369 e. The zero-order chi connectivity index (χ0) is 10.1. The van der Waals surface area contributed by atoms with Crippen LogP contribution in [0.25, 0.3) is 0 Å². The molecule has 1 unspecified atom stereocenters. The Kier molecular flexibility index (Phi) is 3.31. The number of amides is 2. The Morgan fingerprint density at radius 1 is 1.40 bits per heavy atom. The molecule has 0 aromatic heterocycles. The highest BCUT2D eigenvalue weighted by Gasteiger charge is 2.28. The van der Waals surface area contributed by atoms with Gasteiger partial charge in [-0.2, -0.15) is 0 Å². The Bertz CT molecular complexity index is 406. The molecule has 2 amide bonds. The molecule has 1 aliphatic heterocycles. The van der Waals surface area contributed by atoms with E-state index in [1.165, 1.54) is 0 Å². The fourth-order valence-electron chi connectivity index (χ4n) is 1.67. The first-order valence-electron chi connectivity index (χ1n) is 4.36. The number of primary amides is 1. The predicted molar refractivity (Wildman–Crippen MR) is 58.9 cm³/mol. The summed E-state index contributed by atoms with van der Waals surface area (Å²) in [5.74, 6) is -1.10. The molecule has 1 atom stereocenters. The summed E-state index contributed by atoms with van der Waals surface area (Å²) >= 11 is 0. The van der Waals surface area contributed by atoms with Crippen molar-refractivity contribution in [1.29, 1.82) is 0 Å². The molecule has 15 heavy (non-hydrogen) atoms. The van der Waals surface area contributed by atoms with Crippen LogP contribution in [0.4, 0.5) is 5.69 Å². The van der Waals surface area contributed by atoms with Crippen LogP contribution in [-0.2, 0) is 9.59 Å². The summed E-state index contributed by atoms with van der Waals surface area (Å²) in [7, 11) is 0. The van der Waals surface area contributed by atoms with Gasteiger partial charge in [0.1, 0.15) is 0 Å². The highest BCUT2D eigenvalue weighted by molar-refractivity contribution is 6.00. The van der Waals surface area contributed by atoms with Crippen molar-refractivity contribution in [2.75, 3.05) is 5.32 Å². The topological polar surface area (TPSA) is 72.2 Å². The average molecular weight is 227 g/mol. The fraction of sp³-hybridized carbons (Fsp3) is 0.200. The lowest BCUT2D eigenvalue weighted by Crippen LogP contribution is -2.31. The van der Waals surface area contributed by atoms with Crippen LogP contribution in [0.2, 0.25) is 0 Å². The van der Waals surface area contributed by atoms with E-state index in [0.29, 0.717) is 5.69 Å². The lowest BCUT2D eigenvalue weighted by molar-refractivity contribution is -0.124. The van der Waals surface area contributed by atoms with E-state index in [1.807, 2.05) is 18.2 Å². The number of carbonyl (C=O) groups excluding carboxylic acids is 2. The van der Waals surface area contributed by atoms with E-state index in [4.69, 9.17) is 5.73 Å². The third-order valence-electron chi connectivity index (χ3n) is 2.34. The zero-order valence-electron chi connectivity index (χ0n) is 7.90. The molecular formula is C10H11ClN2O2. The van der Waals surface area contributed by atoms with Crippen LogP contribution in [0.3, 0.4) is 0 Å². The maximum absolute atomic E-state index is 11.2. The third kappa shape index (κ3) is 2.10. The standard InChI is InChI=1S/C10H10N2O2.ClH/c11-10(14)7-5-9(13)12-8-4-2-1-3-6(7)8;/h1-4,7H,5H2,(H2,11,14)(H,12,13);1H. The molecule has 1 aromatic rings. The van der Waals surface area contributed by atoms with Crippen LogP contribution >= 0.6 is 12.4 Å². The second-order valence-electron chi connectivity index (χ2n) is 3.29. The Labute approximate surface area is 93.3 Å². The normalized spacial score (nSPS) is 18.4. The van der Waals surface area contributed by atoms with Gasteiger partial charge in [0.15, 0.2) is 0 Å². The monoisotopic (exact) mass is 226 g/mol.